The van der Waals surface area contributed by atoms with Gasteiger partial charge in [-0.25, -0.2) is 14.3 Å². The topological polar surface area (TPSA) is 78.1 Å². The lowest BCUT2D eigenvalue weighted by atomic mass is 10.2. The smallest absolute Gasteiger partial charge is 0.335 e. The number of ether oxygens (including phenoxy) is 1. The molecule has 0 saturated carbocycles. The van der Waals surface area contributed by atoms with Crippen molar-refractivity contribution in [3.8, 4) is 11.4 Å². The van der Waals surface area contributed by atoms with E-state index in [1.807, 2.05) is 43.3 Å². The standard InChI is InChI=1S/C22H20N4O3/c1-15-13-17(29-2)10-11-18(15)24-20(27)14-25-19-9-6-12-23-21(19)26(22(25)28)16-7-4-3-5-8-16/h3-13H,14H2,1-2H3,(H,24,27). The van der Waals surface area contributed by atoms with Crippen molar-refractivity contribution in [1.82, 2.24) is 14.1 Å². The molecule has 7 heteroatoms. The third kappa shape index (κ3) is 3.50. The summed E-state index contributed by atoms with van der Waals surface area (Å²) in [6.45, 7) is 1.77. The number of aromatic nitrogens is 3. The van der Waals surface area contributed by atoms with E-state index in [2.05, 4.69) is 10.3 Å². The van der Waals surface area contributed by atoms with E-state index in [-0.39, 0.29) is 18.1 Å². The molecule has 0 atom stereocenters. The fourth-order valence-corrected chi connectivity index (χ4v) is 3.29. The van der Waals surface area contributed by atoms with Gasteiger partial charge in [0.25, 0.3) is 0 Å². The minimum Gasteiger partial charge on any atom is -0.497 e. The number of nitrogens with zero attached hydrogens (tertiary/aromatic N) is 3. The van der Waals surface area contributed by atoms with Crippen LogP contribution in [0.2, 0.25) is 0 Å². The van der Waals surface area contributed by atoms with Gasteiger partial charge in [0.15, 0.2) is 5.65 Å². The fourth-order valence-electron chi connectivity index (χ4n) is 3.29. The average Bonchev–Trinajstić information content (AvgIpc) is 3.01. The Morgan fingerprint density at radius 3 is 2.62 bits per heavy atom. The number of methoxy groups -OCH3 is 1. The van der Waals surface area contributed by atoms with Crippen LogP contribution < -0.4 is 15.7 Å². The second kappa shape index (κ2) is 7.63. The van der Waals surface area contributed by atoms with Crippen molar-refractivity contribution in [1.29, 1.82) is 0 Å². The van der Waals surface area contributed by atoms with Crippen molar-refractivity contribution in [2.24, 2.45) is 0 Å². The summed E-state index contributed by atoms with van der Waals surface area (Å²) in [5.41, 5.74) is 3.05. The Morgan fingerprint density at radius 2 is 1.90 bits per heavy atom. The van der Waals surface area contributed by atoms with Gasteiger partial charge in [-0.2, -0.15) is 0 Å². The number of amides is 1. The molecule has 0 spiro atoms. The van der Waals surface area contributed by atoms with Gasteiger partial charge in [-0.1, -0.05) is 18.2 Å². The van der Waals surface area contributed by atoms with Gasteiger partial charge in [-0.15, -0.1) is 0 Å². The molecule has 0 fully saturated rings. The monoisotopic (exact) mass is 388 g/mol. The summed E-state index contributed by atoms with van der Waals surface area (Å²) in [6, 6.07) is 18.2. The van der Waals surface area contributed by atoms with E-state index in [0.717, 1.165) is 5.56 Å². The number of rotatable bonds is 5. The first-order valence-corrected chi connectivity index (χ1v) is 9.14. The van der Waals surface area contributed by atoms with Crippen LogP contribution in [0.5, 0.6) is 5.75 Å². The van der Waals surface area contributed by atoms with Gasteiger partial charge in [0.1, 0.15) is 12.3 Å². The zero-order valence-corrected chi connectivity index (χ0v) is 16.1. The number of para-hydroxylation sites is 1. The second-order valence-corrected chi connectivity index (χ2v) is 6.61. The summed E-state index contributed by atoms with van der Waals surface area (Å²) < 4.78 is 8.14. The number of imidazole rings is 1. The van der Waals surface area contributed by atoms with Gasteiger partial charge >= 0.3 is 5.69 Å². The molecule has 0 aliphatic heterocycles. The second-order valence-electron chi connectivity index (χ2n) is 6.61. The van der Waals surface area contributed by atoms with Gasteiger partial charge in [0.2, 0.25) is 5.91 Å². The van der Waals surface area contributed by atoms with E-state index >= 15 is 0 Å². The lowest BCUT2D eigenvalue weighted by Crippen LogP contribution is -2.29. The lowest BCUT2D eigenvalue weighted by Gasteiger charge is -2.10. The summed E-state index contributed by atoms with van der Waals surface area (Å²) in [5.74, 6) is 0.421. The van der Waals surface area contributed by atoms with E-state index in [1.165, 1.54) is 9.13 Å². The van der Waals surface area contributed by atoms with Gasteiger partial charge in [0.05, 0.1) is 18.3 Å². The van der Waals surface area contributed by atoms with Crippen molar-refractivity contribution >= 4 is 22.8 Å². The molecule has 0 saturated heterocycles. The molecule has 0 bridgehead atoms. The van der Waals surface area contributed by atoms with Crippen LogP contribution in [0.1, 0.15) is 5.56 Å². The first-order valence-electron chi connectivity index (χ1n) is 9.14. The van der Waals surface area contributed by atoms with Gasteiger partial charge in [-0.05, 0) is 55.0 Å². The lowest BCUT2D eigenvalue weighted by molar-refractivity contribution is -0.116. The van der Waals surface area contributed by atoms with Crippen LogP contribution in [-0.2, 0) is 11.3 Å². The maximum Gasteiger partial charge on any atom is 0.335 e. The Bertz CT molecular complexity index is 1240. The average molecular weight is 388 g/mol. The number of hydrogen-bond donors (Lipinski definition) is 1. The third-order valence-electron chi connectivity index (χ3n) is 4.71. The van der Waals surface area contributed by atoms with Gasteiger partial charge in [0, 0.05) is 11.9 Å². The molecule has 0 radical (unpaired) electrons. The Hall–Kier alpha value is -3.87. The number of aryl methyl sites for hydroxylation is 1. The van der Waals surface area contributed by atoms with Crippen LogP contribution in [0.3, 0.4) is 0 Å². The number of pyridine rings is 1. The van der Waals surface area contributed by atoms with E-state index < -0.39 is 0 Å². The first-order chi connectivity index (χ1) is 14.1. The number of carbonyl (C=O) groups is 1. The predicted octanol–water partition coefficient (Wildman–Crippen LogP) is 3.14. The summed E-state index contributed by atoms with van der Waals surface area (Å²) in [5, 5.41) is 2.87. The van der Waals surface area contributed by atoms with E-state index in [0.29, 0.717) is 28.3 Å². The number of nitrogens with one attached hydrogen (secondary N) is 1. The molecule has 0 aliphatic carbocycles. The highest BCUT2D eigenvalue weighted by Crippen LogP contribution is 2.21. The van der Waals surface area contributed by atoms with Crippen molar-refractivity contribution in [2.75, 3.05) is 12.4 Å². The number of carbonyl (C=O) groups excluding carboxylic acids is 1. The molecule has 0 aliphatic rings. The fraction of sp³-hybridized carbons (Fsp3) is 0.136. The Morgan fingerprint density at radius 1 is 1.10 bits per heavy atom. The minimum absolute atomic E-state index is 0.119. The van der Waals surface area contributed by atoms with Gasteiger partial charge in [-0.3, -0.25) is 9.36 Å². The van der Waals surface area contributed by atoms with E-state index in [9.17, 15) is 9.59 Å². The zero-order chi connectivity index (χ0) is 20.4. The zero-order valence-electron chi connectivity index (χ0n) is 16.1. The molecular weight excluding hydrogens is 368 g/mol. The van der Waals surface area contributed by atoms with Crippen LogP contribution in [0.25, 0.3) is 16.9 Å². The third-order valence-corrected chi connectivity index (χ3v) is 4.71. The number of hydrogen-bond acceptors (Lipinski definition) is 4. The van der Waals surface area contributed by atoms with Crippen LogP contribution in [0.15, 0.2) is 71.7 Å². The molecule has 7 nitrogen and oxygen atoms in total. The first kappa shape index (κ1) is 18.5. The van der Waals surface area contributed by atoms with Crippen molar-refractivity contribution in [2.45, 2.75) is 13.5 Å². The minimum atomic E-state index is -0.313. The highest BCUT2D eigenvalue weighted by Gasteiger charge is 2.17. The van der Waals surface area contributed by atoms with Crippen LogP contribution in [-0.4, -0.2) is 27.1 Å². The molecular formula is C22H20N4O3. The quantitative estimate of drug-likeness (QED) is 0.570. The maximum absolute atomic E-state index is 13.1. The predicted molar refractivity (Wildman–Crippen MR) is 112 cm³/mol. The Balaban J connectivity index is 1.69. The number of benzene rings is 2. The number of fused-ring (bicyclic) bond motifs is 1. The summed E-state index contributed by atoms with van der Waals surface area (Å²) in [4.78, 5) is 30.2. The van der Waals surface area contributed by atoms with E-state index in [4.69, 9.17) is 4.74 Å². The summed E-state index contributed by atoms with van der Waals surface area (Å²) in [6.07, 6.45) is 1.63. The van der Waals surface area contributed by atoms with Crippen LogP contribution in [0.4, 0.5) is 5.69 Å². The summed E-state index contributed by atoms with van der Waals surface area (Å²) in [7, 11) is 1.59. The normalized spacial score (nSPS) is 10.8. The molecule has 146 valence electrons. The highest BCUT2D eigenvalue weighted by atomic mass is 16.5. The molecule has 1 amide bonds. The van der Waals surface area contributed by atoms with Crippen LogP contribution >= 0.6 is 0 Å². The molecule has 4 aromatic rings. The molecule has 2 heterocycles. The highest BCUT2D eigenvalue weighted by molar-refractivity contribution is 5.92. The van der Waals surface area contributed by atoms with Crippen molar-refractivity contribution < 1.29 is 9.53 Å². The molecule has 2 aromatic carbocycles. The summed E-state index contributed by atoms with van der Waals surface area (Å²) >= 11 is 0. The molecule has 2 aromatic heterocycles. The molecule has 1 N–H and O–H groups in total. The van der Waals surface area contributed by atoms with Crippen LogP contribution in [0, 0.1) is 6.92 Å². The molecule has 4 rings (SSSR count). The SMILES string of the molecule is COc1ccc(NC(=O)Cn2c(=O)n(-c3ccccc3)c3ncccc32)c(C)c1. The largest absolute Gasteiger partial charge is 0.497 e. The van der Waals surface area contributed by atoms with Crippen molar-refractivity contribution in [3.05, 3.63) is 82.9 Å². The number of anilines is 1. The molecule has 29 heavy (non-hydrogen) atoms. The Kier molecular flexibility index (Phi) is 4.87. The van der Waals surface area contributed by atoms with Crippen molar-refractivity contribution in [3.63, 3.8) is 0 Å². The maximum atomic E-state index is 13.1. The van der Waals surface area contributed by atoms with E-state index in [1.54, 1.807) is 37.6 Å². The molecule has 0 unspecified atom stereocenters. The Labute approximate surface area is 167 Å². The van der Waals surface area contributed by atoms with Gasteiger partial charge < -0.3 is 10.1 Å².